The third-order valence-electron chi connectivity index (χ3n) is 3.19. The molecular weight excluding hydrogens is 374 g/mol. The Kier molecular flexibility index (Phi) is 4.81. The molecule has 1 aromatic carbocycles. The zero-order valence-electron chi connectivity index (χ0n) is 12.4. The maximum Gasteiger partial charge on any atom is 0.339 e. The van der Waals surface area contributed by atoms with Crippen LogP contribution >= 0.6 is 15.9 Å². The first-order chi connectivity index (χ1) is 11.6. The van der Waals surface area contributed by atoms with Gasteiger partial charge in [-0.3, -0.25) is 9.78 Å². The molecule has 0 fully saturated rings. The van der Waals surface area contributed by atoms with Crippen LogP contribution in [0.25, 0.3) is 10.9 Å². The summed E-state index contributed by atoms with van der Waals surface area (Å²) >= 11 is 3.26. The predicted octanol–water partition coefficient (Wildman–Crippen LogP) is 3.19. The van der Waals surface area contributed by atoms with Crippen molar-refractivity contribution in [1.82, 2.24) is 9.97 Å². The van der Waals surface area contributed by atoms with Crippen LogP contribution in [-0.2, 0) is 9.53 Å². The Balaban J connectivity index is 1.64. The second-order valence-electron chi connectivity index (χ2n) is 4.86. The van der Waals surface area contributed by atoms with Crippen LogP contribution in [0.2, 0.25) is 0 Å². The first-order valence-corrected chi connectivity index (χ1v) is 7.85. The maximum atomic E-state index is 12.2. The summed E-state index contributed by atoms with van der Waals surface area (Å²) < 4.78 is 5.88. The lowest BCUT2D eigenvalue weighted by Gasteiger charge is -2.07. The Morgan fingerprint density at radius 2 is 1.96 bits per heavy atom. The summed E-state index contributed by atoms with van der Waals surface area (Å²) in [6, 6.07) is 12.1. The minimum Gasteiger partial charge on any atom is -0.452 e. The fourth-order valence-corrected chi connectivity index (χ4v) is 2.35. The number of nitrogens with zero attached hydrogens (tertiary/aromatic N) is 2. The number of aromatic nitrogens is 2. The molecule has 0 atom stereocenters. The van der Waals surface area contributed by atoms with Crippen LogP contribution in [0.4, 0.5) is 5.82 Å². The van der Waals surface area contributed by atoms with Gasteiger partial charge >= 0.3 is 5.97 Å². The van der Waals surface area contributed by atoms with Crippen molar-refractivity contribution in [1.29, 1.82) is 0 Å². The molecular formula is C17H12BrN3O3. The van der Waals surface area contributed by atoms with Gasteiger partial charge in [0, 0.05) is 22.3 Å². The van der Waals surface area contributed by atoms with E-state index in [9.17, 15) is 9.59 Å². The fraction of sp³-hybridized carbons (Fsp3) is 0.0588. The number of carbonyl (C=O) groups excluding carboxylic acids is 2. The number of hydrogen-bond acceptors (Lipinski definition) is 5. The quantitative estimate of drug-likeness (QED) is 0.697. The van der Waals surface area contributed by atoms with Gasteiger partial charge in [0.2, 0.25) is 0 Å². The van der Waals surface area contributed by atoms with Gasteiger partial charge < -0.3 is 10.1 Å². The third-order valence-corrected chi connectivity index (χ3v) is 3.66. The van der Waals surface area contributed by atoms with E-state index in [1.54, 1.807) is 54.9 Å². The Bertz CT molecular complexity index is 892. The highest BCUT2D eigenvalue weighted by Gasteiger charge is 2.13. The minimum absolute atomic E-state index is 0.371. The van der Waals surface area contributed by atoms with Crippen molar-refractivity contribution in [2.75, 3.05) is 11.9 Å². The first-order valence-electron chi connectivity index (χ1n) is 7.06. The maximum absolute atomic E-state index is 12.2. The molecule has 0 aliphatic rings. The van der Waals surface area contributed by atoms with Crippen LogP contribution in [0.5, 0.6) is 0 Å². The molecule has 3 aromatic rings. The van der Waals surface area contributed by atoms with E-state index < -0.39 is 18.5 Å². The lowest BCUT2D eigenvalue weighted by atomic mass is 10.1. The number of esters is 1. The SMILES string of the molecule is O=C(COC(=O)c1cccc2ncccc12)Nc1ccc(Br)cn1. The molecule has 120 valence electrons. The molecule has 6 nitrogen and oxygen atoms in total. The van der Waals surface area contributed by atoms with Crippen molar-refractivity contribution >= 4 is 44.5 Å². The molecule has 1 N–H and O–H groups in total. The highest BCUT2D eigenvalue weighted by Crippen LogP contribution is 2.17. The smallest absolute Gasteiger partial charge is 0.339 e. The molecule has 2 heterocycles. The van der Waals surface area contributed by atoms with E-state index in [2.05, 4.69) is 31.2 Å². The van der Waals surface area contributed by atoms with Gasteiger partial charge in [0.25, 0.3) is 5.91 Å². The van der Waals surface area contributed by atoms with Crippen LogP contribution in [0, 0.1) is 0 Å². The van der Waals surface area contributed by atoms with Gasteiger partial charge in [-0.15, -0.1) is 0 Å². The zero-order valence-corrected chi connectivity index (χ0v) is 14.0. The molecule has 0 spiro atoms. The number of nitrogens with one attached hydrogen (secondary N) is 1. The first kappa shape index (κ1) is 16.1. The molecule has 7 heteroatoms. The van der Waals surface area contributed by atoms with Gasteiger partial charge in [0.15, 0.2) is 6.61 Å². The van der Waals surface area contributed by atoms with E-state index in [0.29, 0.717) is 22.3 Å². The van der Waals surface area contributed by atoms with Crippen molar-refractivity contribution in [2.24, 2.45) is 0 Å². The summed E-state index contributed by atoms with van der Waals surface area (Å²) in [5.41, 5.74) is 1.06. The summed E-state index contributed by atoms with van der Waals surface area (Å²) in [5.74, 6) is -0.655. The second kappa shape index (κ2) is 7.18. The molecule has 0 bridgehead atoms. The Labute approximate surface area is 146 Å². The average Bonchev–Trinajstić information content (AvgIpc) is 2.61. The summed E-state index contributed by atoms with van der Waals surface area (Å²) in [7, 11) is 0. The number of pyridine rings is 2. The number of carbonyl (C=O) groups is 2. The van der Waals surface area contributed by atoms with Crippen LogP contribution in [-0.4, -0.2) is 28.5 Å². The zero-order chi connectivity index (χ0) is 16.9. The number of halogens is 1. The number of ether oxygens (including phenoxy) is 1. The fourth-order valence-electron chi connectivity index (χ4n) is 2.12. The number of amides is 1. The van der Waals surface area contributed by atoms with E-state index in [-0.39, 0.29) is 0 Å². The monoisotopic (exact) mass is 385 g/mol. The lowest BCUT2D eigenvalue weighted by molar-refractivity contribution is -0.119. The Hall–Kier alpha value is -2.80. The minimum atomic E-state index is -0.576. The molecule has 0 unspecified atom stereocenters. The van der Waals surface area contributed by atoms with E-state index in [1.807, 2.05) is 0 Å². The summed E-state index contributed by atoms with van der Waals surface area (Å²) in [5, 5.41) is 3.23. The molecule has 24 heavy (non-hydrogen) atoms. The molecule has 2 aromatic heterocycles. The van der Waals surface area contributed by atoms with E-state index >= 15 is 0 Å². The van der Waals surface area contributed by atoms with Gasteiger partial charge in [-0.2, -0.15) is 0 Å². The third kappa shape index (κ3) is 3.75. The molecule has 0 radical (unpaired) electrons. The summed E-state index contributed by atoms with van der Waals surface area (Å²) in [6.07, 6.45) is 3.21. The number of benzene rings is 1. The van der Waals surface area contributed by atoms with Gasteiger partial charge in [-0.25, -0.2) is 9.78 Å². The van der Waals surface area contributed by atoms with Gasteiger partial charge in [0.1, 0.15) is 5.82 Å². The number of fused-ring (bicyclic) bond motifs is 1. The second-order valence-corrected chi connectivity index (χ2v) is 5.78. The molecule has 3 rings (SSSR count). The Morgan fingerprint density at radius 3 is 2.75 bits per heavy atom. The van der Waals surface area contributed by atoms with Crippen LogP contribution < -0.4 is 5.32 Å². The average molecular weight is 386 g/mol. The molecule has 0 saturated carbocycles. The Morgan fingerprint density at radius 1 is 1.08 bits per heavy atom. The van der Waals surface area contributed by atoms with Crippen LogP contribution in [0.1, 0.15) is 10.4 Å². The number of rotatable bonds is 4. The normalized spacial score (nSPS) is 10.4. The molecule has 0 aliphatic carbocycles. The van der Waals surface area contributed by atoms with Gasteiger partial charge in [-0.1, -0.05) is 12.1 Å². The number of anilines is 1. The van der Waals surface area contributed by atoms with Gasteiger partial charge in [-0.05, 0) is 46.3 Å². The van der Waals surface area contributed by atoms with E-state index in [4.69, 9.17) is 4.74 Å². The standard InChI is InChI=1S/C17H12BrN3O3/c18-11-6-7-15(20-9-11)21-16(22)10-24-17(23)13-3-1-5-14-12(13)4-2-8-19-14/h1-9H,10H2,(H,20,21,22). The molecule has 0 aliphatic heterocycles. The highest BCUT2D eigenvalue weighted by atomic mass is 79.9. The summed E-state index contributed by atoms with van der Waals surface area (Å²) in [6.45, 7) is -0.396. The van der Waals surface area contributed by atoms with Crippen LogP contribution in [0.15, 0.2) is 59.3 Å². The van der Waals surface area contributed by atoms with E-state index in [0.717, 1.165) is 4.47 Å². The molecule has 1 amide bonds. The van der Waals surface area contributed by atoms with Gasteiger partial charge in [0.05, 0.1) is 11.1 Å². The van der Waals surface area contributed by atoms with Crippen molar-refractivity contribution in [3.8, 4) is 0 Å². The van der Waals surface area contributed by atoms with Crippen LogP contribution in [0.3, 0.4) is 0 Å². The lowest BCUT2D eigenvalue weighted by Crippen LogP contribution is -2.21. The molecule has 0 saturated heterocycles. The van der Waals surface area contributed by atoms with Crippen molar-refractivity contribution < 1.29 is 14.3 Å². The predicted molar refractivity (Wildman–Crippen MR) is 92.6 cm³/mol. The van der Waals surface area contributed by atoms with E-state index in [1.165, 1.54) is 0 Å². The van der Waals surface area contributed by atoms with Crippen molar-refractivity contribution in [3.63, 3.8) is 0 Å². The van der Waals surface area contributed by atoms with Crippen molar-refractivity contribution in [2.45, 2.75) is 0 Å². The number of hydrogen-bond donors (Lipinski definition) is 1. The van der Waals surface area contributed by atoms with Crippen molar-refractivity contribution in [3.05, 3.63) is 64.9 Å². The topological polar surface area (TPSA) is 81.2 Å². The highest BCUT2D eigenvalue weighted by molar-refractivity contribution is 9.10. The largest absolute Gasteiger partial charge is 0.452 e. The summed E-state index contributed by atoms with van der Waals surface area (Å²) in [4.78, 5) is 32.3.